The normalized spacial score (nSPS) is 19.2. The Hall–Kier alpha value is -4.35. The molecule has 3 heterocycles. The van der Waals surface area contributed by atoms with Crippen LogP contribution in [0.5, 0.6) is 0 Å². The standard InChI is InChI=1S/C35H40FN5O5/c1-35(2,3)46-33(43)38-26-11-13-27(14-12-26)41-32(42)30-20-25(36)21-37-31(30)40(34(41)44)28-9-6-8-23(19-28)29-10-5-4-7-24(29)22-39-15-17-45-18-16-39/h4-10,19-21,26-27H,11-18,22H2,1-3H3,(H,38,43)/t26-,27+. The van der Waals surface area contributed by atoms with Crippen LogP contribution < -0.4 is 16.6 Å². The molecule has 1 N–H and O–H groups in total. The lowest BCUT2D eigenvalue weighted by Gasteiger charge is -2.31. The van der Waals surface area contributed by atoms with Gasteiger partial charge in [0.1, 0.15) is 11.4 Å². The highest BCUT2D eigenvalue weighted by Crippen LogP contribution is 2.30. The van der Waals surface area contributed by atoms with E-state index >= 15 is 0 Å². The largest absolute Gasteiger partial charge is 0.444 e. The van der Waals surface area contributed by atoms with Crippen molar-refractivity contribution in [3.05, 3.63) is 93.0 Å². The van der Waals surface area contributed by atoms with Crippen molar-refractivity contribution in [3.8, 4) is 16.8 Å². The molecule has 242 valence electrons. The van der Waals surface area contributed by atoms with Crippen molar-refractivity contribution >= 4 is 17.1 Å². The highest BCUT2D eigenvalue weighted by atomic mass is 19.1. The minimum Gasteiger partial charge on any atom is -0.444 e. The molecule has 0 atom stereocenters. The average molecular weight is 630 g/mol. The van der Waals surface area contributed by atoms with Crippen molar-refractivity contribution in [1.82, 2.24) is 24.3 Å². The monoisotopic (exact) mass is 629 g/mol. The predicted molar refractivity (Wildman–Crippen MR) is 174 cm³/mol. The van der Waals surface area contributed by atoms with Crippen molar-refractivity contribution < 1.29 is 18.7 Å². The van der Waals surface area contributed by atoms with Gasteiger partial charge in [-0.15, -0.1) is 0 Å². The molecule has 11 heteroatoms. The van der Waals surface area contributed by atoms with E-state index in [1.165, 1.54) is 9.13 Å². The molecule has 2 fully saturated rings. The van der Waals surface area contributed by atoms with Crippen LogP contribution in [0, 0.1) is 5.82 Å². The van der Waals surface area contributed by atoms with E-state index in [2.05, 4.69) is 27.3 Å². The summed E-state index contributed by atoms with van der Waals surface area (Å²) in [4.78, 5) is 46.9. The van der Waals surface area contributed by atoms with Gasteiger partial charge in [-0.05, 0) is 81.3 Å². The highest BCUT2D eigenvalue weighted by molar-refractivity contribution is 5.77. The van der Waals surface area contributed by atoms with E-state index in [0.717, 1.165) is 48.6 Å². The molecule has 0 bridgehead atoms. The van der Waals surface area contributed by atoms with Crippen molar-refractivity contribution in [3.63, 3.8) is 0 Å². The predicted octanol–water partition coefficient (Wildman–Crippen LogP) is 5.19. The van der Waals surface area contributed by atoms with Crippen LogP contribution in [0.1, 0.15) is 58.1 Å². The van der Waals surface area contributed by atoms with Crippen molar-refractivity contribution in [2.45, 2.75) is 70.7 Å². The summed E-state index contributed by atoms with van der Waals surface area (Å²) in [6.07, 6.45) is 2.62. The Morgan fingerprint density at radius 3 is 2.50 bits per heavy atom. The first-order chi connectivity index (χ1) is 22.1. The minimum atomic E-state index is -0.655. The first-order valence-corrected chi connectivity index (χ1v) is 15.9. The van der Waals surface area contributed by atoms with Gasteiger partial charge in [-0.3, -0.25) is 14.3 Å². The molecule has 0 unspecified atom stereocenters. The number of hydrogen-bond acceptors (Lipinski definition) is 7. The molecule has 10 nitrogen and oxygen atoms in total. The molecule has 1 saturated heterocycles. The number of alkyl carbamates (subject to hydrolysis) is 1. The number of aromatic nitrogens is 3. The second-order valence-corrected chi connectivity index (χ2v) is 13.1. The van der Waals surface area contributed by atoms with E-state index < -0.39 is 34.8 Å². The van der Waals surface area contributed by atoms with E-state index in [9.17, 15) is 18.8 Å². The topological polar surface area (TPSA) is 108 Å². The summed E-state index contributed by atoms with van der Waals surface area (Å²) in [5.41, 5.74) is 2.02. The van der Waals surface area contributed by atoms with Gasteiger partial charge in [0.2, 0.25) is 0 Å². The Morgan fingerprint density at radius 1 is 1.02 bits per heavy atom. The third-order valence-electron chi connectivity index (χ3n) is 8.60. The maximum Gasteiger partial charge on any atom is 0.407 e. The lowest BCUT2D eigenvalue weighted by Crippen LogP contribution is -2.45. The van der Waals surface area contributed by atoms with Gasteiger partial charge in [0.05, 0.1) is 30.5 Å². The van der Waals surface area contributed by atoms with Crippen molar-refractivity contribution in [2.75, 3.05) is 26.3 Å². The first kappa shape index (κ1) is 31.6. The van der Waals surface area contributed by atoms with Crippen LogP contribution in [0.4, 0.5) is 9.18 Å². The molecule has 1 saturated carbocycles. The van der Waals surface area contributed by atoms with E-state index in [4.69, 9.17) is 9.47 Å². The van der Waals surface area contributed by atoms with Crippen molar-refractivity contribution in [1.29, 1.82) is 0 Å². The zero-order valence-electron chi connectivity index (χ0n) is 26.5. The highest BCUT2D eigenvalue weighted by Gasteiger charge is 2.29. The molecular weight excluding hydrogens is 589 g/mol. The maximum atomic E-state index is 14.5. The number of ether oxygens (including phenoxy) is 2. The third kappa shape index (κ3) is 6.90. The lowest BCUT2D eigenvalue weighted by atomic mass is 9.91. The molecule has 1 aliphatic heterocycles. The maximum absolute atomic E-state index is 14.5. The first-order valence-electron chi connectivity index (χ1n) is 15.9. The Morgan fingerprint density at radius 2 is 1.76 bits per heavy atom. The number of hydrogen-bond donors (Lipinski definition) is 1. The molecule has 2 aliphatic rings. The molecule has 2 aromatic carbocycles. The number of carbonyl (C=O) groups excluding carboxylic acids is 1. The molecule has 46 heavy (non-hydrogen) atoms. The zero-order chi connectivity index (χ0) is 32.4. The number of carbonyl (C=O) groups is 1. The summed E-state index contributed by atoms with van der Waals surface area (Å²) in [5.74, 6) is -0.655. The lowest BCUT2D eigenvalue weighted by molar-refractivity contribution is 0.0342. The van der Waals surface area contributed by atoms with Crippen LogP contribution in [-0.2, 0) is 16.0 Å². The van der Waals surface area contributed by atoms with E-state index in [0.29, 0.717) is 44.6 Å². The Kier molecular flexibility index (Phi) is 9.06. The Labute approximate surface area is 266 Å². The molecule has 2 aromatic heterocycles. The van der Waals surface area contributed by atoms with Gasteiger partial charge in [-0.2, -0.15) is 0 Å². The second-order valence-electron chi connectivity index (χ2n) is 13.1. The summed E-state index contributed by atoms with van der Waals surface area (Å²) in [5, 5.41) is 2.94. The zero-order valence-corrected chi connectivity index (χ0v) is 26.5. The van der Waals surface area contributed by atoms with Crippen LogP contribution >= 0.6 is 0 Å². The summed E-state index contributed by atoms with van der Waals surface area (Å²) in [7, 11) is 0. The number of nitrogens with one attached hydrogen (secondary N) is 1. The molecule has 1 amide bonds. The van der Waals surface area contributed by atoms with E-state index in [1.807, 2.05) is 30.3 Å². The number of benzene rings is 2. The molecule has 6 rings (SSSR count). The van der Waals surface area contributed by atoms with Crippen LogP contribution in [0.25, 0.3) is 27.8 Å². The molecule has 4 aromatic rings. The number of rotatable bonds is 6. The van der Waals surface area contributed by atoms with Gasteiger partial charge in [0.15, 0.2) is 5.65 Å². The van der Waals surface area contributed by atoms with E-state index in [-0.39, 0.29) is 17.1 Å². The number of fused-ring (bicyclic) bond motifs is 1. The Balaban J connectivity index is 1.35. The molecule has 0 spiro atoms. The van der Waals surface area contributed by atoms with Gasteiger partial charge >= 0.3 is 11.8 Å². The summed E-state index contributed by atoms with van der Waals surface area (Å²) < 4.78 is 28.0. The van der Waals surface area contributed by atoms with E-state index in [1.54, 1.807) is 26.8 Å². The number of pyridine rings is 1. The summed E-state index contributed by atoms with van der Waals surface area (Å²) in [6, 6.07) is 16.4. The molecular formula is C35H40FN5O5. The van der Waals surface area contributed by atoms with Crippen molar-refractivity contribution in [2.24, 2.45) is 0 Å². The smallest absolute Gasteiger partial charge is 0.407 e. The van der Waals surface area contributed by atoms with Gasteiger partial charge in [-0.25, -0.2) is 23.5 Å². The Bertz CT molecular complexity index is 1850. The van der Waals surface area contributed by atoms with Crippen LogP contribution in [0.2, 0.25) is 0 Å². The number of nitrogens with zero attached hydrogens (tertiary/aromatic N) is 4. The number of halogens is 1. The second kappa shape index (κ2) is 13.2. The van der Waals surface area contributed by atoms with Gasteiger partial charge in [0, 0.05) is 31.7 Å². The van der Waals surface area contributed by atoms with Crippen LogP contribution in [-0.4, -0.2) is 63.1 Å². The quantitative estimate of drug-likeness (QED) is 0.313. The fraction of sp³-hybridized carbons (Fsp3) is 0.429. The summed E-state index contributed by atoms with van der Waals surface area (Å²) in [6.45, 7) is 9.31. The fourth-order valence-electron chi connectivity index (χ4n) is 6.44. The van der Waals surface area contributed by atoms with Gasteiger partial charge in [0.25, 0.3) is 5.56 Å². The molecule has 1 aliphatic carbocycles. The van der Waals surface area contributed by atoms with Gasteiger partial charge in [-0.1, -0.05) is 36.4 Å². The van der Waals surface area contributed by atoms with Gasteiger partial charge < -0.3 is 14.8 Å². The summed E-state index contributed by atoms with van der Waals surface area (Å²) >= 11 is 0. The fourth-order valence-corrected chi connectivity index (χ4v) is 6.44. The number of morpholine rings is 1. The average Bonchev–Trinajstić information content (AvgIpc) is 3.02. The minimum absolute atomic E-state index is 0.0340. The van der Waals surface area contributed by atoms with Crippen LogP contribution in [0.15, 0.2) is 70.4 Å². The molecule has 0 radical (unpaired) electrons. The van der Waals surface area contributed by atoms with Crippen LogP contribution in [0.3, 0.4) is 0 Å². The number of amides is 1. The third-order valence-corrected chi connectivity index (χ3v) is 8.60. The SMILES string of the molecule is CC(C)(C)OC(=O)N[C@H]1CC[C@@H](n2c(=O)c3cc(F)cnc3n(-c3cccc(-c4ccccc4CN4CCOCC4)c3)c2=O)CC1.